The van der Waals surface area contributed by atoms with Crippen LogP contribution >= 0.6 is 0 Å². The van der Waals surface area contributed by atoms with Crippen LogP contribution in [0, 0.1) is 17.8 Å². The summed E-state index contributed by atoms with van der Waals surface area (Å²) >= 11 is 0. The van der Waals surface area contributed by atoms with Gasteiger partial charge in [-0.05, 0) is 49.9 Å². The second-order valence-corrected chi connectivity index (χ2v) is 7.61. The van der Waals surface area contributed by atoms with E-state index < -0.39 is 5.91 Å². The van der Waals surface area contributed by atoms with E-state index in [-0.39, 0.29) is 0 Å². The minimum Gasteiger partial charge on any atom is -0.365 e. The summed E-state index contributed by atoms with van der Waals surface area (Å²) in [5, 5.41) is 3.46. The van der Waals surface area contributed by atoms with Crippen molar-refractivity contribution in [2.24, 2.45) is 23.5 Å². The van der Waals surface area contributed by atoms with Crippen LogP contribution in [0.3, 0.4) is 0 Å². The molecular weight excluding hydrogens is 300 g/mol. The molecule has 1 fully saturated rings. The van der Waals surface area contributed by atoms with Crippen molar-refractivity contribution in [3.05, 3.63) is 17.5 Å². The lowest BCUT2D eigenvalue weighted by Gasteiger charge is -2.28. The summed E-state index contributed by atoms with van der Waals surface area (Å²) in [6, 6.07) is 0.433. The van der Waals surface area contributed by atoms with Crippen molar-refractivity contribution >= 4 is 11.9 Å². The molecule has 5 heteroatoms. The third-order valence-corrected chi connectivity index (χ3v) is 5.54. The summed E-state index contributed by atoms with van der Waals surface area (Å²) < 4.78 is 0. The Morgan fingerprint density at radius 3 is 2.50 bits per heavy atom. The third kappa shape index (κ3) is 4.92. The molecule has 0 radical (unpaired) electrons. The van der Waals surface area contributed by atoms with Gasteiger partial charge in [0.15, 0.2) is 0 Å². The van der Waals surface area contributed by atoms with Crippen LogP contribution in [0.25, 0.3) is 0 Å². The van der Waals surface area contributed by atoms with Crippen molar-refractivity contribution in [1.29, 1.82) is 0 Å². The van der Waals surface area contributed by atoms with E-state index in [4.69, 9.17) is 5.73 Å². The predicted octanol–water partition coefficient (Wildman–Crippen LogP) is 3.79. The number of carbonyl (C=O) groups excluding carboxylic acids is 1. The Hall–Kier alpha value is -1.65. The number of nitrogens with one attached hydrogen (secondary N) is 1. The zero-order valence-electron chi connectivity index (χ0n) is 15.5. The molecule has 0 spiro atoms. The van der Waals surface area contributed by atoms with E-state index in [2.05, 4.69) is 43.0 Å². The molecule has 0 bridgehead atoms. The molecule has 24 heavy (non-hydrogen) atoms. The summed E-state index contributed by atoms with van der Waals surface area (Å²) in [5.74, 6) is 2.01. The van der Waals surface area contributed by atoms with Gasteiger partial charge in [0.2, 0.25) is 5.95 Å². The molecule has 0 saturated heterocycles. The van der Waals surface area contributed by atoms with Gasteiger partial charge in [-0.1, -0.05) is 34.1 Å². The largest absolute Gasteiger partial charge is 0.365 e. The molecule has 1 amide bonds. The Labute approximate surface area is 145 Å². The molecule has 1 aromatic rings. The van der Waals surface area contributed by atoms with Gasteiger partial charge in [-0.25, -0.2) is 9.97 Å². The Bertz CT molecular complexity index is 550. The van der Waals surface area contributed by atoms with Gasteiger partial charge in [0, 0.05) is 12.2 Å². The number of anilines is 1. The van der Waals surface area contributed by atoms with E-state index in [1.165, 1.54) is 19.3 Å². The number of hydrogen-bond acceptors (Lipinski definition) is 4. The topological polar surface area (TPSA) is 80.9 Å². The average Bonchev–Trinajstić information content (AvgIpc) is 2.55. The maximum absolute atomic E-state index is 11.7. The highest BCUT2D eigenvalue weighted by Gasteiger charge is 2.22. The third-order valence-electron chi connectivity index (χ3n) is 5.54. The van der Waals surface area contributed by atoms with Gasteiger partial charge in [-0.2, -0.15) is 0 Å². The van der Waals surface area contributed by atoms with E-state index in [9.17, 15) is 4.79 Å². The van der Waals surface area contributed by atoms with Crippen molar-refractivity contribution in [2.75, 3.05) is 5.32 Å². The van der Waals surface area contributed by atoms with E-state index in [0.717, 1.165) is 30.9 Å². The molecule has 1 aliphatic carbocycles. The minimum absolute atomic E-state index is 0.433. The lowest BCUT2D eigenvalue weighted by Crippen LogP contribution is -2.27. The van der Waals surface area contributed by atoms with Crippen molar-refractivity contribution in [3.63, 3.8) is 0 Å². The van der Waals surface area contributed by atoms with Gasteiger partial charge in [0.25, 0.3) is 5.91 Å². The highest BCUT2D eigenvalue weighted by atomic mass is 16.1. The second kappa shape index (κ2) is 8.45. The van der Waals surface area contributed by atoms with Crippen LogP contribution in [-0.2, 0) is 6.42 Å². The molecule has 1 atom stereocenters. The molecule has 0 aliphatic heterocycles. The number of primary amides is 1. The standard InChI is InChI=1S/C19H32N4O/c1-5-14-6-8-15(9-7-14)22-19-21-11-16(18(20)24)17(23-19)10-13(4)12(2)3/h11-15H,5-10H2,1-4H3,(H2,20,24)(H,21,22,23)/t13-,14?,15?/m0/s1. The zero-order chi connectivity index (χ0) is 17.7. The first-order chi connectivity index (χ1) is 11.4. The maximum atomic E-state index is 11.7. The monoisotopic (exact) mass is 332 g/mol. The number of carbonyl (C=O) groups is 1. The van der Waals surface area contributed by atoms with Gasteiger partial charge in [0.1, 0.15) is 0 Å². The summed E-state index contributed by atoms with van der Waals surface area (Å²) in [4.78, 5) is 20.6. The Kier molecular flexibility index (Phi) is 6.58. The molecular formula is C19H32N4O. The number of aromatic nitrogens is 2. The van der Waals surface area contributed by atoms with Crippen LogP contribution in [-0.4, -0.2) is 21.9 Å². The number of rotatable bonds is 7. The van der Waals surface area contributed by atoms with Gasteiger partial charge in [0.05, 0.1) is 11.3 Å². The highest BCUT2D eigenvalue weighted by molar-refractivity contribution is 5.93. The van der Waals surface area contributed by atoms with Crippen molar-refractivity contribution in [2.45, 2.75) is 72.3 Å². The lowest BCUT2D eigenvalue weighted by atomic mass is 9.84. The molecule has 1 heterocycles. The second-order valence-electron chi connectivity index (χ2n) is 7.61. The van der Waals surface area contributed by atoms with Crippen LogP contribution in [0.1, 0.15) is 75.9 Å². The molecule has 1 saturated carbocycles. The fourth-order valence-corrected chi connectivity index (χ4v) is 3.29. The van der Waals surface area contributed by atoms with E-state index in [1.54, 1.807) is 6.20 Å². The first-order valence-electron chi connectivity index (χ1n) is 9.32. The summed E-state index contributed by atoms with van der Waals surface area (Å²) in [6.07, 6.45) is 8.46. The molecule has 1 aliphatic rings. The van der Waals surface area contributed by atoms with Gasteiger partial charge < -0.3 is 11.1 Å². The van der Waals surface area contributed by atoms with Crippen LogP contribution in [0.5, 0.6) is 0 Å². The summed E-state index contributed by atoms with van der Waals surface area (Å²) in [6.45, 7) is 8.81. The minimum atomic E-state index is -0.448. The Morgan fingerprint density at radius 2 is 1.96 bits per heavy atom. The lowest BCUT2D eigenvalue weighted by molar-refractivity contribution is 0.0998. The fourth-order valence-electron chi connectivity index (χ4n) is 3.29. The van der Waals surface area contributed by atoms with Crippen LogP contribution in [0.2, 0.25) is 0 Å². The molecule has 1 aromatic heterocycles. The molecule has 134 valence electrons. The van der Waals surface area contributed by atoms with Crippen LogP contribution in [0.15, 0.2) is 6.20 Å². The van der Waals surface area contributed by atoms with Gasteiger partial charge in [-0.15, -0.1) is 0 Å². The quantitative estimate of drug-likeness (QED) is 0.796. The molecule has 2 rings (SSSR count). The average molecular weight is 332 g/mol. The van der Waals surface area contributed by atoms with Crippen LogP contribution in [0.4, 0.5) is 5.95 Å². The zero-order valence-corrected chi connectivity index (χ0v) is 15.5. The van der Waals surface area contributed by atoms with Crippen molar-refractivity contribution in [1.82, 2.24) is 9.97 Å². The Morgan fingerprint density at radius 1 is 1.29 bits per heavy atom. The number of amides is 1. The normalized spacial score (nSPS) is 22.4. The van der Waals surface area contributed by atoms with Gasteiger partial charge >= 0.3 is 0 Å². The van der Waals surface area contributed by atoms with E-state index in [1.807, 2.05) is 0 Å². The van der Waals surface area contributed by atoms with Gasteiger partial charge in [-0.3, -0.25) is 4.79 Å². The number of hydrogen-bond donors (Lipinski definition) is 2. The number of nitrogens with two attached hydrogens (primary N) is 1. The highest BCUT2D eigenvalue weighted by Crippen LogP contribution is 2.28. The molecule has 0 unspecified atom stereocenters. The van der Waals surface area contributed by atoms with E-state index >= 15 is 0 Å². The van der Waals surface area contributed by atoms with Crippen molar-refractivity contribution < 1.29 is 4.79 Å². The number of nitrogens with zero attached hydrogens (tertiary/aromatic N) is 2. The molecule has 0 aromatic carbocycles. The van der Waals surface area contributed by atoms with Crippen molar-refractivity contribution in [3.8, 4) is 0 Å². The molecule has 5 nitrogen and oxygen atoms in total. The van der Waals surface area contributed by atoms with E-state index in [0.29, 0.717) is 29.4 Å². The SMILES string of the molecule is CCC1CCC(Nc2ncc(C(N)=O)c(C[C@H](C)C(C)C)n2)CC1. The first-order valence-corrected chi connectivity index (χ1v) is 9.32. The smallest absolute Gasteiger partial charge is 0.252 e. The summed E-state index contributed by atoms with van der Waals surface area (Å²) in [5.41, 5.74) is 6.71. The molecule has 3 N–H and O–H groups in total. The van der Waals surface area contributed by atoms with Crippen LogP contribution < -0.4 is 11.1 Å². The first kappa shape index (κ1) is 18.7. The predicted molar refractivity (Wildman–Crippen MR) is 97.9 cm³/mol. The summed E-state index contributed by atoms with van der Waals surface area (Å²) in [7, 11) is 0. The fraction of sp³-hybridized carbons (Fsp3) is 0.737. The maximum Gasteiger partial charge on any atom is 0.252 e. The Balaban J connectivity index is 2.09.